The van der Waals surface area contributed by atoms with Gasteiger partial charge in [-0.1, -0.05) is 27.7 Å². The first kappa shape index (κ1) is 12.0. The van der Waals surface area contributed by atoms with Crippen molar-refractivity contribution in [3.63, 3.8) is 0 Å². The van der Waals surface area contributed by atoms with Gasteiger partial charge in [-0.2, -0.15) is 0 Å². The van der Waals surface area contributed by atoms with Gasteiger partial charge >= 0.3 is 0 Å². The van der Waals surface area contributed by atoms with E-state index in [4.69, 9.17) is 0 Å². The molecule has 0 spiro atoms. The second-order valence-electron chi connectivity index (χ2n) is 4.68. The van der Waals surface area contributed by atoms with Crippen LogP contribution in [0.25, 0.3) is 0 Å². The van der Waals surface area contributed by atoms with Crippen molar-refractivity contribution < 1.29 is 0 Å². The third-order valence-corrected chi connectivity index (χ3v) is 2.10. The van der Waals surface area contributed by atoms with Gasteiger partial charge in [0.25, 0.3) is 0 Å². The molecular weight excluding hydrogens is 146 g/mol. The Morgan fingerprint density at radius 3 is 1.58 bits per heavy atom. The fourth-order valence-corrected chi connectivity index (χ4v) is 1.88. The summed E-state index contributed by atoms with van der Waals surface area (Å²) >= 11 is 0. The Balaban J connectivity index is 3.69. The molecule has 12 heavy (non-hydrogen) atoms. The summed E-state index contributed by atoms with van der Waals surface area (Å²) < 4.78 is 0. The predicted molar refractivity (Wildman–Crippen MR) is 56.3 cm³/mol. The van der Waals surface area contributed by atoms with Gasteiger partial charge in [0.15, 0.2) is 0 Å². The van der Waals surface area contributed by atoms with Crippen LogP contribution in [0.15, 0.2) is 0 Å². The number of nitrogens with one attached hydrogen (secondary N) is 1. The van der Waals surface area contributed by atoms with Gasteiger partial charge in [-0.3, -0.25) is 0 Å². The predicted octanol–water partition coefficient (Wildman–Crippen LogP) is 2.91. The normalized spacial score (nSPS) is 12.0. The average Bonchev–Trinajstić information content (AvgIpc) is 1.84. The largest absolute Gasteiger partial charge is 0.319 e. The zero-order valence-electron chi connectivity index (χ0n) is 9.35. The Labute approximate surface area is 77.9 Å². The van der Waals surface area contributed by atoms with E-state index >= 15 is 0 Å². The van der Waals surface area contributed by atoms with E-state index in [0.717, 1.165) is 17.8 Å². The van der Waals surface area contributed by atoms with E-state index < -0.39 is 0 Å². The Kier molecular flexibility index (Phi) is 6.45. The van der Waals surface area contributed by atoms with Gasteiger partial charge in [0.05, 0.1) is 0 Å². The molecule has 0 aliphatic carbocycles. The molecule has 0 aliphatic rings. The van der Waals surface area contributed by atoms with Crippen LogP contribution in [-0.4, -0.2) is 13.6 Å². The van der Waals surface area contributed by atoms with Crippen LogP contribution in [-0.2, 0) is 0 Å². The van der Waals surface area contributed by atoms with Crippen LogP contribution in [0.1, 0.15) is 40.5 Å². The lowest BCUT2D eigenvalue weighted by Crippen LogP contribution is -2.21. The van der Waals surface area contributed by atoms with E-state index in [1.807, 2.05) is 7.05 Å². The molecule has 1 N–H and O–H groups in total. The van der Waals surface area contributed by atoms with Crippen molar-refractivity contribution in [1.82, 2.24) is 5.32 Å². The SMILES string of the molecule is CNCC(CC(C)C)CC(C)C. The Hall–Kier alpha value is -0.0400. The third kappa shape index (κ3) is 6.66. The fraction of sp³-hybridized carbons (Fsp3) is 1.00. The van der Waals surface area contributed by atoms with E-state index in [0.29, 0.717) is 0 Å². The lowest BCUT2D eigenvalue weighted by atomic mass is 9.89. The van der Waals surface area contributed by atoms with Crippen LogP contribution < -0.4 is 5.32 Å². The van der Waals surface area contributed by atoms with E-state index in [9.17, 15) is 0 Å². The van der Waals surface area contributed by atoms with Gasteiger partial charge in [-0.25, -0.2) is 0 Å². The molecular formula is C11H25N. The minimum absolute atomic E-state index is 0.835. The first-order chi connectivity index (χ1) is 5.56. The summed E-state index contributed by atoms with van der Waals surface area (Å²) in [6, 6.07) is 0. The molecule has 0 aromatic heterocycles. The van der Waals surface area contributed by atoms with Crippen LogP contribution in [0.3, 0.4) is 0 Å². The van der Waals surface area contributed by atoms with Crippen molar-refractivity contribution in [3.05, 3.63) is 0 Å². The summed E-state index contributed by atoms with van der Waals surface area (Å²) in [5.74, 6) is 2.54. The summed E-state index contributed by atoms with van der Waals surface area (Å²) in [5.41, 5.74) is 0. The van der Waals surface area contributed by atoms with Gasteiger partial charge in [0, 0.05) is 0 Å². The number of rotatable bonds is 6. The molecule has 0 atom stereocenters. The molecule has 0 saturated heterocycles. The molecule has 0 rings (SSSR count). The molecule has 0 radical (unpaired) electrons. The van der Waals surface area contributed by atoms with Gasteiger partial charge < -0.3 is 5.32 Å². The first-order valence-corrected chi connectivity index (χ1v) is 5.20. The van der Waals surface area contributed by atoms with Crippen molar-refractivity contribution in [2.24, 2.45) is 17.8 Å². The molecule has 0 aromatic carbocycles. The molecule has 1 nitrogen and oxygen atoms in total. The van der Waals surface area contributed by atoms with Gasteiger partial charge in [0.2, 0.25) is 0 Å². The Bertz CT molecular complexity index is 87.2. The second-order valence-corrected chi connectivity index (χ2v) is 4.68. The third-order valence-electron chi connectivity index (χ3n) is 2.10. The topological polar surface area (TPSA) is 12.0 Å². The zero-order chi connectivity index (χ0) is 9.56. The van der Waals surface area contributed by atoms with Crippen molar-refractivity contribution in [2.45, 2.75) is 40.5 Å². The van der Waals surface area contributed by atoms with E-state index in [2.05, 4.69) is 33.0 Å². The average molecular weight is 171 g/mol. The van der Waals surface area contributed by atoms with Crippen LogP contribution >= 0.6 is 0 Å². The first-order valence-electron chi connectivity index (χ1n) is 5.20. The number of hydrogen-bond donors (Lipinski definition) is 1. The fourth-order valence-electron chi connectivity index (χ4n) is 1.88. The molecule has 0 heterocycles. The standard InChI is InChI=1S/C11H25N/c1-9(2)6-11(8-12-5)7-10(3)4/h9-12H,6-8H2,1-5H3. The molecule has 0 aromatic rings. The maximum absolute atomic E-state index is 3.28. The van der Waals surface area contributed by atoms with Crippen LogP contribution in [0.4, 0.5) is 0 Å². The van der Waals surface area contributed by atoms with Gasteiger partial charge in [-0.05, 0) is 44.2 Å². The minimum Gasteiger partial charge on any atom is -0.319 e. The summed E-state index contributed by atoms with van der Waals surface area (Å²) in [6.45, 7) is 10.4. The highest BCUT2D eigenvalue weighted by atomic mass is 14.8. The van der Waals surface area contributed by atoms with Gasteiger partial charge in [0.1, 0.15) is 0 Å². The molecule has 0 bridgehead atoms. The van der Waals surface area contributed by atoms with Crippen molar-refractivity contribution in [1.29, 1.82) is 0 Å². The highest BCUT2D eigenvalue weighted by Crippen LogP contribution is 2.18. The molecule has 0 fully saturated rings. The molecule has 0 unspecified atom stereocenters. The summed E-state index contributed by atoms with van der Waals surface area (Å²) in [4.78, 5) is 0. The molecule has 74 valence electrons. The Morgan fingerprint density at radius 2 is 1.33 bits per heavy atom. The summed E-state index contributed by atoms with van der Waals surface area (Å²) in [7, 11) is 2.05. The Morgan fingerprint density at radius 1 is 0.917 bits per heavy atom. The van der Waals surface area contributed by atoms with Crippen molar-refractivity contribution >= 4 is 0 Å². The summed E-state index contributed by atoms with van der Waals surface area (Å²) in [6.07, 6.45) is 2.72. The smallest absolute Gasteiger partial charge is 0.00233 e. The maximum atomic E-state index is 3.28. The highest BCUT2D eigenvalue weighted by molar-refractivity contribution is 4.65. The number of hydrogen-bond acceptors (Lipinski definition) is 1. The monoisotopic (exact) mass is 171 g/mol. The highest BCUT2D eigenvalue weighted by Gasteiger charge is 2.11. The zero-order valence-corrected chi connectivity index (χ0v) is 9.35. The molecule has 0 aliphatic heterocycles. The quantitative estimate of drug-likeness (QED) is 0.648. The van der Waals surface area contributed by atoms with E-state index in [-0.39, 0.29) is 0 Å². The van der Waals surface area contributed by atoms with Crippen molar-refractivity contribution in [3.8, 4) is 0 Å². The molecule has 0 saturated carbocycles. The molecule has 1 heteroatoms. The molecule has 0 amide bonds. The second kappa shape index (κ2) is 6.47. The maximum Gasteiger partial charge on any atom is -0.00233 e. The van der Waals surface area contributed by atoms with E-state index in [1.165, 1.54) is 19.4 Å². The van der Waals surface area contributed by atoms with Crippen LogP contribution in [0, 0.1) is 17.8 Å². The van der Waals surface area contributed by atoms with Crippen LogP contribution in [0.2, 0.25) is 0 Å². The lowest BCUT2D eigenvalue weighted by molar-refractivity contribution is 0.336. The summed E-state index contributed by atoms with van der Waals surface area (Å²) in [5, 5.41) is 3.28. The van der Waals surface area contributed by atoms with E-state index in [1.54, 1.807) is 0 Å². The minimum atomic E-state index is 0.835. The lowest BCUT2D eigenvalue weighted by Gasteiger charge is -2.20. The van der Waals surface area contributed by atoms with Gasteiger partial charge in [-0.15, -0.1) is 0 Å². The van der Waals surface area contributed by atoms with Crippen LogP contribution in [0.5, 0.6) is 0 Å². The van der Waals surface area contributed by atoms with Crippen molar-refractivity contribution in [2.75, 3.05) is 13.6 Å².